The van der Waals surface area contributed by atoms with E-state index in [-0.39, 0.29) is 11.2 Å². The third-order valence-corrected chi connectivity index (χ3v) is 2.62. The number of rotatable bonds is 4. The largest absolute Gasteiger partial charge is 0.492 e. The van der Waals surface area contributed by atoms with Crippen LogP contribution in [0.15, 0.2) is 24.3 Å². The van der Waals surface area contributed by atoms with Gasteiger partial charge in [0.25, 0.3) is 0 Å². The van der Waals surface area contributed by atoms with Gasteiger partial charge in [-0.25, -0.2) is 4.39 Å². The first-order valence-corrected chi connectivity index (χ1v) is 5.01. The number of benzene rings is 1. The van der Waals surface area contributed by atoms with Crippen LogP contribution in [0.3, 0.4) is 0 Å². The Labute approximate surface area is 94.2 Å². The average Bonchev–Trinajstić information content (AvgIpc) is 2.15. The number of hydrogen-bond donors (Lipinski definition) is 1. The molecule has 1 aromatic rings. The second kappa shape index (κ2) is 4.57. The molecule has 0 unspecified atom stereocenters. The zero-order valence-corrected chi connectivity index (χ0v) is 9.60. The van der Waals surface area contributed by atoms with Crippen molar-refractivity contribution in [1.82, 2.24) is 0 Å². The standard InChI is InChI=1S/C11H14FNOS/c1-11(2,10(13)15)7-14-9-5-3-4-8(12)6-9/h3-6H,7H2,1-2H3,(H2,13,15). The summed E-state index contributed by atoms with van der Waals surface area (Å²) in [6.07, 6.45) is 0. The summed E-state index contributed by atoms with van der Waals surface area (Å²) < 4.78 is 18.2. The number of ether oxygens (including phenoxy) is 1. The molecule has 0 aliphatic rings. The van der Waals surface area contributed by atoms with Crippen LogP contribution in [0.5, 0.6) is 5.75 Å². The van der Waals surface area contributed by atoms with Crippen molar-refractivity contribution >= 4 is 17.2 Å². The van der Waals surface area contributed by atoms with Crippen molar-refractivity contribution < 1.29 is 9.13 Å². The van der Waals surface area contributed by atoms with Crippen molar-refractivity contribution in [3.05, 3.63) is 30.1 Å². The number of hydrogen-bond acceptors (Lipinski definition) is 2. The van der Waals surface area contributed by atoms with Crippen LogP contribution >= 0.6 is 12.2 Å². The molecule has 0 amide bonds. The minimum atomic E-state index is -0.387. The molecule has 0 aliphatic carbocycles. The van der Waals surface area contributed by atoms with E-state index in [0.717, 1.165) is 0 Å². The van der Waals surface area contributed by atoms with Gasteiger partial charge in [-0.2, -0.15) is 0 Å². The summed E-state index contributed by atoms with van der Waals surface area (Å²) in [5.74, 6) is 0.167. The Morgan fingerprint density at radius 3 is 2.73 bits per heavy atom. The maximum Gasteiger partial charge on any atom is 0.126 e. The first-order chi connectivity index (χ1) is 6.92. The minimum Gasteiger partial charge on any atom is -0.492 e. The zero-order valence-electron chi connectivity index (χ0n) is 8.79. The quantitative estimate of drug-likeness (QED) is 0.803. The Bertz CT molecular complexity index is 365. The number of halogens is 1. The third-order valence-electron chi connectivity index (χ3n) is 2.06. The average molecular weight is 227 g/mol. The molecule has 0 fully saturated rings. The summed E-state index contributed by atoms with van der Waals surface area (Å²) in [5.41, 5.74) is 5.15. The van der Waals surface area contributed by atoms with Crippen molar-refractivity contribution in [2.75, 3.05) is 6.61 Å². The lowest BCUT2D eigenvalue weighted by Crippen LogP contribution is -2.35. The van der Waals surface area contributed by atoms with Gasteiger partial charge in [0.2, 0.25) is 0 Å². The Morgan fingerprint density at radius 2 is 2.20 bits per heavy atom. The molecule has 0 saturated heterocycles. The predicted octanol–water partition coefficient (Wildman–Crippen LogP) is 2.52. The highest BCUT2D eigenvalue weighted by atomic mass is 32.1. The lowest BCUT2D eigenvalue weighted by molar-refractivity contribution is 0.236. The van der Waals surface area contributed by atoms with E-state index in [1.54, 1.807) is 12.1 Å². The molecule has 1 rings (SSSR count). The third kappa shape index (κ3) is 3.47. The first kappa shape index (κ1) is 11.9. The first-order valence-electron chi connectivity index (χ1n) is 4.60. The van der Waals surface area contributed by atoms with E-state index in [0.29, 0.717) is 17.3 Å². The van der Waals surface area contributed by atoms with E-state index >= 15 is 0 Å². The van der Waals surface area contributed by atoms with Gasteiger partial charge in [0.1, 0.15) is 11.6 Å². The lowest BCUT2D eigenvalue weighted by Gasteiger charge is -2.23. The molecule has 2 nitrogen and oxygen atoms in total. The molecule has 0 heterocycles. The van der Waals surface area contributed by atoms with Gasteiger partial charge in [0.15, 0.2) is 0 Å². The number of thiocarbonyl (C=S) groups is 1. The van der Waals surface area contributed by atoms with E-state index in [1.165, 1.54) is 12.1 Å². The van der Waals surface area contributed by atoms with E-state index in [9.17, 15) is 4.39 Å². The molecule has 0 radical (unpaired) electrons. The molecule has 82 valence electrons. The minimum absolute atomic E-state index is 0.319. The van der Waals surface area contributed by atoms with Gasteiger partial charge in [-0.15, -0.1) is 0 Å². The van der Waals surface area contributed by atoms with Crippen LogP contribution in [-0.2, 0) is 0 Å². The van der Waals surface area contributed by atoms with E-state index in [2.05, 4.69) is 0 Å². The molecule has 0 aliphatic heterocycles. The second-order valence-electron chi connectivity index (χ2n) is 3.99. The molecular weight excluding hydrogens is 213 g/mol. The molecular formula is C11H14FNOS. The molecule has 0 bridgehead atoms. The fraction of sp³-hybridized carbons (Fsp3) is 0.364. The molecule has 1 aromatic carbocycles. The summed E-state index contributed by atoms with van der Waals surface area (Å²) in [4.78, 5) is 0.388. The monoisotopic (exact) mass is 227 g/mol. The van der Waals surface area contributed by atoms with Gasteiger partial charge in [-0.1, -0.05) is 32.1 Å². The van der Waals surface area contributed by atoms with Crippen molar-refractivity contribution in [3.8, 4) is 5.75 Å². The van der Waals surface area contributed by atoms with Crippen LogP contribution in [0.2, 0.25) is 0 Å². The topological polar surface area (TPSA) is 35.2 Å². The van der Waals surface area contributed by atoms with Crippen molar-refractivity contribution in [2.45, 2.75) is 13.8 Å². The highest BCUT2D eigenvalue weighted by molar-refractivity contribution is 7.80. The smallest absolute Gasteiger partial charge is 0.126 e. The lowest BCUT2D eigenvalue weighted by atomic mass is 9.95. The Balaban J connectivity index is 2.61. The summed E-state index contributed by atoms with van der Waals surface area (Å²) in [6.45, 7) is 4.11. The van der Waals surface area contributed by atoms with Crippen LogP contribution in [0.4, 0.5) is 4.39 Å². The molecule has 0 aromatic heterocycles. The molecule has 0 saturated carbocycles. The van der Waals surface area contributed by atoms with Gasteiger partial charge in [-0.05, 0) is 12.1 Å². The van der Waals surface area contributed by atoms with E-state index in [1.807, 2.05) is 13.8 Å². The SMILES string of the molecule is CC(C)(COc1cccc(F)c1)C(N)=S. The van der Waals surface area contributed by atoms with Crippen molar-refractivity contribution in [3.63, 3.8) is 0 Å². The summed E-state index contributed by atoms with van der Waals surface area (Å²) >= 11 is 4.90. The zero-order chi connectivity index (χ0) is 11.5. The van der Waals surface area contributed by atoms with Crippen LogP contribution < -0.4 is 10.5 Å². The maximum absolute atomic E-state index is 12.8. The van der Waals surface area contributed by atoms with Gasteiger partial charge in [-0.3, -0.25) is 0 Å². The van der Waals surface area contributed by atoms with Crippen LogP contribution in [-0.4, -0.2) is 11.6 Å². The van der Waals surface area contributed by atoms with Gasteiger partial charge < -0.3 is 10.5 Å². The van der Waals surface area contributed by atoms with Crippen LogP contribution in [0.1, 0.15) is 13.8 Å². The van der Waals surface area contributed by atoms with Crippen molar-refractivity contribution in [2.24, 2.45) is 11.1 Å². The summed E-state index contributed by atoms with van der Waals surface area (Å²) in [6, 6.07) is 5.98. The van der Waals surface area contributed by atoms with Crippen LogP contribution in [0, 0.1) is 11.2 Å². The number of nitrogens with two attached hydrogens (primary N) is 1. The van der Waals surface area contributed by atoms with Crippen LogP contribution in [0.25, 0.3) is 0 Å². The highest BCUT2D eigenvalue weighted by Crippen LogP contribution is 2.19. The van der Waals surface area contributed by atoms with Gasteiger partial charge in [0.05, 0.1) is 11.6 Å². The predicted molar refractivity (Wildman–Crippen MR) is 62.5 cm³/mol. The maximum atomic E-state index is 12.8. The Kier molecular flexibility index (Phi) is 3.63. The molecule has 15 heavy (non-hydrogen) atoms. The highest BCUT2D eigenvalue weighted by Gasteiger charge is 2.22. The van der Waals surface area contributed by atoms with E-state index in [4.69, 9.17) is 22.7 Å². The fourth-order valence-corrected chi connectivity index (χ4v) is 0.951. The van der Waals surface area contributed by atoms with Gasteiger partial charge >= 0.3 is 0 Å². The molecule has 0 spiro atoms. The Morgan fingerprint density at radius 1 is 1.53 bits per heavy atom. The molecule has 2 N–H and O–H groups in total. The van der Waals surface area contributed by atoms with Crippen molar-refractivity contribution in [1.29, 1.82) is 0 Å². The summed E-state index contributed by atoms with van der Waals surface area (Å²) in [7, 11) is 0. The van der Waals surface area contributed by atoms with Gasteiger partial charge in [0, 0.05) is 11.5 Å². The van der Waals surface area contributed by atoms with E-state index < -0.39 is 0 Å². The summed E-state index contributed by atoms with van der Waals surface area (Å²) in [5, 5.41) is 0. The Hall–Kier alpha value is -1.16. The second-order valence-corrected chi connectivity index (χ2v) is 4.43. The fourth-order valence-electron chi connectivity index (χ4n) is 0.892. The molecule has 0 atom stereocenters. The normalized spacial score (nSPS) is 11.1. The molecule has 4 heteroatoms.